The van der Waals surface area contributed by atoms with E-state index in [0.717, 1.165) is 23.3 Å². The molecule has 0 atom stereocenters. The Kier molecular flexibility index (Phi) is 6.21. The summed E-state index contributed by atoms with van der Waals surface area (Å²) in [5.41, 5.74) is 1.65. The van der Waals surface area contributed by atoms with E-state index in [4.69, 9.17) is 0 Å². The Morgan fingerprint density at radius 3 is 1.82 bits per heavy atom. The molecule has 0 saturated heterocycles. The number of benzene rings is 3. The van der Waals surface area contributed by atoms with E-state index in [9.17, 15) is 17.6 Å². The molecule has 0 aliphatic carbocycles. The molecule has 144 valence electrons. The summed E-state index contributed by atoms with van der Waals surface area (Å²) in [7, 11) is -3.61. The Bertz CT molecular complexity index is 981. The highest BCUT2D eigenvalue weighted by molar-refractivity contribution is 7.91. The highest BCUT2D eigenvalue weighted by atomic mass is 32.2. The van der Waals surface area contributed by atoms with Crippen molar-refractivity contribution < 1.29 is 17.6 Å². The predicted molar refractivity (Wildman–Crippen MR) is 106 cm³/mol. The van der Waals surface area contributed by atoms with E-state index in [0.29, 0.717) is 0 Å². The Morgan fingerprint density at radius 2 is 1.32 bits per heavy atom. The molecule has 0 aromatic heterocycles. The molecule has 0 heterocycles. The fraction of sp³-hybridized carbons (Fsp3) is 0.136. The summed E-state index contributed by atoms with van der Waals surface area (Å²) in [4.78, 5) is 12.9. The van der Waals surface area contributed by atoms with Gasteiger partial charge in [0, 0.05) is 6.54 Å². The van der Waals surface area contributed by atoms with Crippen molar-refractivity contribution >= 4 is 15.7 Å². The molecule has 3 aromatic carbocycles. The van der Waals surface area contributed by atoms with Gasteiger partial charge in [-0.05, 0) is 35.4 Å². The van der Waals surface area contributed by atoms with E-state index in [1.165, 1.54) is 12.1 Å². The summed E-state index contributed by atoms with van der Waals surface area (Å²) in [6.45, 7) is -0.0330. The molecule has 1 N–H and O–H groups in total. The van der Waals surface area contributed by atoms with Crippen molar-refractivity contribution in [3.8, 4) is 0 Å². The van der Waals surface area contributed by atoms with Crippen molar-refractivity contribution in [3.63, 3.8) is 0 Å². The number of amides is 1. The van der Waals surface area contributed by atoms with Crippen molar-refractivity contribution in [3.05, 3.63) is 102 Å². The molecule has 0 bridgehead atoms. The monoisotopic (exact) mass is 397 g/mol. The van der Waals surface area contributed by atoms with Gasteiger partial charge in [0.05, 0.1) is 16.6 Å². The molecule has 0 aliphatic heterocycles. The van der Waals surface area contributed by atoms with Gasteiger partial charge >= 0.3 is 0 Å². The first-order valence-corrected chi connectivity index (χ1v) is 10.5. The fourth-order valence-electron chi connectivity index (χ4n) is 2.96. The zero-order valence-corrected chi connectivity index (χ0v) is 15.9. The third kappa shape index (κ3) is 4.84. The maximum atomic E-state index is 13.0. The van der Waals surface area contributed by atoms with E-state index in [2.05, 4.69) is 5.32 Å². The molecular weight excluding hydrogens is 377 g/mol. The van der Waals surface area contributed by atoms with E-state index in [1.807, 2.05) is 60.7 Å². The first-order chi connectivity index (χ1) is 13.5. The van der Waals surface area contributed by atoms with Crippen LogP contribution >= 0.6 is 0 Å². The maximum Gasteiger partial charge on any atom is 0.232 e. The SMILES string of the molecule is O=C(NCCS(=O)(=O)c1ccc(F)cc1)C(c1ccccc1)c1ccccc1. The van der Waals surface area contributed by atoms with Crippen LogP contribution in [0.4, 0.5) is 4.39 Å². The third-order valence-corrected chi connectivity index (χ3v) is 6.10. The Hall–Kier alpha value is -2.99. The smallest absolute Gasteiger partial charge is 0.232 e. The lowest BCUT2D eigenvalue weighted by molar-refractivity contribution is -0.121. The van der Waals surface area contributed by atoms with Gasteiger partial charge < -0.3 is 5.32 Å². The van der Waals surface area contributed by atoms with Gasteiger partial charge in [0.25, 0.3) is 0 Å². The van der Waals surface area contributed by atoms with Crippen molar-refractivity contribution in [2.24, 2.45) is 0 Å². The molecule has 0 spiro atoms. The molecule has 6 heteroatoms. The summed E-state index contributed by atoms with van der Waals surface area (Å²) in [5, 5.41) is 2.72. The number of carbonyl (C=O) groups is 1. The number of nitrogens with one attached hydrogen (secondary N) is 1. The minimum Gasteiger partial charge on any atom is -0.354 e. The highest BCUT2D eigenvalue weighted by Crippen LogP contribution is 2.24. The number of rotatable bonds is 7. The summed E-state index contributed by atoms with van der Waals surface area (Å²) >= 11 is 0. The number of sulfone groups is 1. The average molecular weight is 397 g/mol. The van der Waals surface area contributed by atoms with Gasteiger partial charge in [-0.2, -0.15) is 0 Å². The standard InChI is InChI=1S/C22H20FNO3S/c23-19-11-13-20(14-12-19)28(26,27)16-15-24-22(25)21(17-7-3-1-4-8-17)18-9-5-2-6-10-18/h1-14,21H,15-16H2,(H,24,25). The number of hydrogen-bond donors (Lipinski definition) is 1. The third-order valence-electron chi connectivity index (χ3n) is 4.37. The van der Waals surface area contributed by atoms with Crippen molar-refractivity contribution in [1.29, 1.82) is 0 Å². The van der Waals surface area contributed by atoms with Crippen molar-refractivity contribution in [2.45, 2.75) is 10.8 Å². The maximum absolute atomic E-state index is 13.0. The summed E-state index contributed by atoms with van der Waals surface area (Å²) < 4.78 is 37.7. The van der Waals surface area contributed by atoms with Gasteiger partial charge in [-0.3, -0.25) is 4.79 Å². The summed E-state index contributed by atoms with van der Waals surface area (Å²) in [6, 6.07) is 23.3. The van der Waals surface area contributed by atoms with Crippen LogP contribution in [0.15, 0.2) is 89.8 Å². The molecule has 0 fully saturated rings. The number of halogens is 1. The quantitative estimate of drug-likeness (QED) is 0.620. The van der Waals surface area contributed by atoms with Crippen LogP contribution in [-0.2, 0) is 14.6 Å². The van der Waals surface area contributed by atoms with E-state index >= 15 is 0 Å². The molecular formula is C22H20FNO3S. The average Bonchev–Trinajstić information content (AvgIpc) is 2.70. The molecule has 0 aliphatic rings. The molecule has 3 rings (SSSR count). The van der Waals surface area contributed by atoms with Gasteiger partial charge in [-0.15, -0.1) is 0 Å². The molecule has 0 radical (unpaired) electrons. The second-order valence-electron chi connectivity index (χ2n) is 6.32. The van der Waals surface area contributed by atoms with Gasteiger partial charge in [0.15, 0.2) is 9.84 Å². The predicted octanol–water partition coefficient (Wildman–Crippen LogP) is 3.55. The lowest BCUT2D eigenvalue weighted by atomic mass is 9.90. The molecule has 1 amide bonds. The zero-order valence-electron chi connectivity index (χ0n) is 15.1. The first kappa shape index (κ1) is 19.8. The normalized spacial score (nSPS) is 11.4. The van der Waals surface area contributed by atoms with Gasteiger partial charge in [0.1, 0.15) is 5.82 Å². The van der Waals surface area contributed by atoms with E-state index in [-0.39, 0.29) is 23.1 Å². The second-order valence-corrected chi connectivity index (χ2v) is 8.43. The van der Waals surface area contributed by atoms with Crippen LogP contribution in [-0.4, -0.2) is 26.6 Å². The van der Waals surface area contributed by atoms with Crippen molar-refractivity contribution in [1.82, 2.24) is 5.32 Å². The number of hydrogen-bond acceptors (Lipinski definition) is 3. The first-order valence-electron chi connectivity index (χ1n) is 8.83. The van der Waals surface area contributed by atoms with Gasteiger partial charge in [-0.25, -0.2) is 12.8 Å². The minimum absolute atomic E-state index is 0.0330. The zero-order chi connectivity index (χ0) is 20.0. The van der Waals surface area contributed by atoms with Crippen LogP contribution in [0.5, 0.6) is 0 Å². The number of carbonyl (C=O) groups excluding carboxylic acids is 1. The van der Waals surface area contributed by atoms with Crippen molar-refractivity contribution in [2.75, 3.05) is 12.3 Å². The molecule has 28 heavy (non-hydrogen) atoms. The van der Waals surface area contributed by atoms with Crippen LogP contribution in [0.25, 0.3) is 0 Å². The van der Waals surface area contributed by atoms with Crippen LogP contribution in [0.2, 0.25) is 0 Å². The lowest BCUT2D eigenvalue weighted by Gasteiger charge is -2.18. The Morgan fingerprint density at radius 1 is 0.821 bits per heavy atom. The molecule has 4 nitrogen and oxygen atoms in total. The van der Waals surface area contributed by atoms with Crippen LogP contribution in [0.3, 0.4) is 0 Å². The second kappa shape index (κ2) is 8.80. The molecule has 3 aromatic rings. The van der Waals surface area contributed by atoms with Gasteiger partial charge in [-0.1, -0.05) is 60.7 Å². The highest BCUT2D eigenvalue weighted by Gasteiger charge is 2.23. The fourth-order valence-corrected chi connectivity index (χ4v) is 4.11. The minimum atomic E-state index is -3.61. The van der Waals surface area contributed by atoms with Crippen LogP contribution in [0, 0.1) is 5.82 Å². The molecule has 0 saturated carbocycles. The van der Waals surface area contributed by atoms with Crippen LogP contribution < -0.4 is 5.32 Å². The topological polar surface area (TPSA) is 63.2 Å². The Labute approximate surface area is 164 Å². The summed E-state index contributed by atoms with van der Waals surface area (Å²) in [5.74, 6) is -1.57. The van der Waals surface area contributed by atoms with E-state index < -0.39 is 21.6 Å². The van der Waals surface area contributed by atoms with E-state index in [1.54, 1.807) is 0 Å². The lowest BCUT2D eigenvalue weighted by Crippen LogP contribution is -2.33. The largest absolute Gasteiger partial charge is 0.354 e. The summed E-state index contributed by atoms with van der Waals surface area (Å²) in [6.07, 6.45) is 0. The molecule has 0 unspecified atom stereocenters. The van der Waals surface area contributed by atoms with Gasteiger partial charge in [0.2, 0.25) is 5.91 Å². The van der Waals surface area contributed by atoms with Crippen LogP contribution in [0.1, 0.15) is 17.0 Å². The Balaban J connectivity index is 1.72.